The average Bonchev–Trinajstić information content (AvgIpc) is 2.12. The van der Waals surface area contributed by atoms with Gasteiger partial charge in [-0.2, -0.15) is 0 Å². The molecule has 0 amide bonds. The van der Waals surface area contributed by atoms with E-state index in [4.69, 9.17) is 10.2 Å². The maximum atomic E-state index is 12.8. The van der Waals surface area contributed by atoms with Gasteiger partial charge in [0.15, 0.2) is 0 Å². The molecule has 1 rings (SSSR count). The highest BCUT2D eigenvalue weighted by atomic mass is 19.1. The lowest BCUT2D eigenvalue weighted by Crippen LogP contribution is -2.28. The highest BCUT2D eigenvalue weighted by Crippen LogP contribution is 2.14. The van der Waals surface area contributed by atoms with Gasteiger partial charge in [0.1, 0.15) is 11.6 Å². The molecular formula is C10H14FNO2. The molecule has 3 N–H and O–H groups in total. The van der Waals surface area contributed by atoms with Crippen molar-refractivity contribution in [3.05, 3.63) is 29.6 Å². The SMILES string of the molecule is CC(CO)NCc1cc(O)cc(F)c1. The zero-order valence-corrected chi connectivity index (χ0v) is 8.00. The summed E-state index contributed by atoms with van der Waals surface area (Å²) in [5, 5.41) is 20.8. The summed E-state index contributed by atoms with van der Waals surface area (Å²) in [6, 6.07) is 3.84. The van der Waals surface area contributed by atoms with E-state index in [0.717, 1.165) is 6.07 Å². The summed E-state index contributed by atoms with van der Waals surface area (Å²) < 4.78 is 12.8. The number of nitrogens with one attached hydrogen (secondary N) is 1. The number of hydrogen-bond donors (Lipinski definition) is 3. The van der Waals surface area contributed by atoms with Gasteiger partial charge < -0.3 is 15.5 Å². The predicted molar refractivity (Wildman–Crippen MR) is 51.5 cm³/mol. The second-order valence-electron chi connectivity index (χ2n) is 3.28. The number of aromatic hydroxyl groups is 1. The van der Waals surface area contributed by atoms with Crippen LogP contribution in [0.25, 0.3) is 0 Å². The molecule has 0 bridgehead atoms. The third-order valence-corrected chi connectivity index (χ3v) is 1.87. The largest absolute Gasteiger partial charge is 0.508 e. The van der Waals surface area contributed by atoms with Crippen LogP contribution in [0, 0.1) is 5.82 Å². The number of aliphatic hydroxyl groups excluding tert-OH is 1. The van der Waals surface area contributed by atoms with Crippen molar-refractivity contribution < 1.29 is 14.6 Å². The second kappa shape index (κ2) is 4.93. The summed E-state index contributed by atoms with van der Waals surface area (Å²) in [4.78, 5) is 0. The van der Waals surface area contributed by atoms with Gasteiger partial charge >= 0.3 is 0 Å². The monoisotopic (exact) mass is 199 g/mol. The number of hydrogen-bond acceptors (Lipinski definition) is 3. The van der Waals surface area contributed by atoms with E-state index >= 15 is 0 Å². The minimum atomic E-state index is -0.460. The quantitative estimate of drug-likeness (QED) is 0.678. The molecule has 0 aliphatic carbocycles. The molecule has 1 unspecified atom stereocenters. The lowest BCUT2D eigenvalue weighted by molar-refractivity contribution is 0.251. The number of aliphatic hydroxyl groups is 1. The van der Waals surface area contributed by atoms with Crippen molar-refractivity contribution in [3.63, 3.8) is 0 Å². The Kier molecular flexibility index (Phi) is 3.85. The molecule has 1 atom stereocenters. The lowest BCUT2D eigenvalue weighted by Gasteiger charge is -2.10. The summed E-state index contributed by atoms with van der Waals surface area (Å²) in [6.45, 7) is 2.27. The van der Waals surface area contributed by atoms with Crippen LogP contribution >= 0.6 is 0 Å². The van der Waals surface area contributed by atoms with E-state index in [-0.39, 0.29) is 18.4 Å². The van der Waals surface area contributed by atoms with E-state index in [0.29, 0.717) is 12.1 Å². The van der Waals surface area contributed by atoms with Crippen molar-refractivity contribution >= 4 is 0 Å². The highest BCUT2D eigenvalue weighted by Gasteiger charge is 2.02. The Bertz CT molecular complexity index is 284. The van der Waals surface area contributed by atoms with Crippen LogP contribution in [0.2, 0.25) is 0 Å². The second-order valence-corrected chi connectivity index (χ2v) is 3.28. The molecule has 78 valence electrons. The van der Waals surface area contributed by atoms with Crippen molar-refractivity contribution in [2.24, 2.45) is 0 Å². The van der Waals surface area contributed by atoms with Crippen LogP contribution in [0.1, 0.15) is 12.5 Å². The molecule has 0 saturated carbocycles. The molecule has 4 heteroatoms. The Balaban J connectivity index is 2.58. The molecule has 0 aliphatic heterocycles. The molecule has 0 spiro atoms. The van der Waals surface area contributed by atoms with Crippen LogP contribution in [0.15, 0.2) is 18.2 Å². The van der Waals surface area contributed by atoms with Gasteiger partial charge in [-0.05, 0) is 24.6 Å². The first kappa shape index (κ1) is 10.9. The Morgan fingerprint density at radius 1 is 1.43 bits per heavy atom. The van der Waals surface area contributed by atoms with Crippen molar-refractivity contribution in [2.75, 3.05) is 6.61 Å². The smallest absolute Gasteiger partial charge is 0.127 e. The van der Waals surface area contributed by atoms with E-state index in [9.17, 15) is 4.39 Å². The minimum Gasteiger partial charge on any atom is -0.508 e. The van der Waals surface area contributed by atoms with Crippen molar-refractivity contribution in [1.82, 2.24) is 5.32 Å². The number of phenolic OH excluding ortho intramolecular Hbond substituents is 1. The van der Waals surface area contributed by atoms with Crippen molar-refractivity contribution in [3.8, 4) is 5.75 Å². The zero-order valence-electron chi connectivity index (χ0n) is 8.00. The molecule has 14 heavy (non-hydrogen) atoms. The minimum absolute atomic E-state index is 0.0291. The van der Waals surface area contributed by atoms with Crippen LogP contribution in [-0.4, -0.2) is 22.9 Å². The lowest BCUT2D eigenvalue weighted by atomic mass is 10.2. The van der Waals surface area contributed by atoms with E-state index in [1.54, 1.807) is 0 Å². The third-order valence-electron chi connectivity index (χ3n) is 1.87. The van der Waals surface area contributed by atoms with Crippen molar-refractivity contribution in [2.45, 2.75) is 19.5 Å². The molecule has 0 aromatic heterocycles. The number of rotatable bonds is 4. The molecule has 0 radical (unpaired) electrons. The normalized spacial score (nSPS) is 12.8. The molecular weight excluding hydrogens is 185 g/mol. The first-order valence-electron chi connectivity index (χ1n) is 4.44. The van der Waals surface area contributed by atoms with Gasteiger partial charge in [-0.3, -0.25) is 0 Å². The van der Waals surface area contributed by atoms with Gasteiger partial charge in [-0.1, -0.05) is 0 Å². The van der Waals surface area contributed by atoms with E-state index in [1.165, 1.54) is 12.1 Å². The Labute approximate surface area is 82.2 Å². The van der Waals surface area contributed by atoms with Gasteiger partial charge in [0.2, 0.25) is 0 Å². The van der Waals surface area contributed by atoms with Gasteiger partial charge in [0.25, 0.3) is 0 Å². The van der Waals surface area contributed by atoms with E-state index < -0.39 is 5.82 Å². The van der Waals surface area contributed by atoms with Crippen molar-refractivity contribution in [1.29, 1.82) is 0 Å². The molecule has 0 heterocycles. The fourth-order valence-corrected chi connectivity index (χ4v) is 1.09. The molecule has 3 nitrogen and oxygen atoms in total. The molecule has 0 aliphatic rings. The average molecular weight is 199 g/mol. The standard InChI is InChI=1S/C10H14FNO2/c1-7(6-13)12-5-8-2-9(11)4-10(14)3-8/h2-4,7,12-14H,5-6H2,1H3. The third kappa shape index (κ3) is 3.32. The molecule has 1 aromatic carbocycles. The van der Waals surface area contributed by atoms with Gasteiger partial charge in [-0.15, -0.1) is 0 Å². The Morgan fingerprint density at radius 2 is 2.14 bits per heavy atom. The molecule has 0 fully saturated rings. The van der Waals surface area contributed by atoms with Gasteiger partial charge in [0.05, 0.1) is 6.61 Å². The summed E-state index contributed by atoms with van der Waals surface area (Å²) in [5.74, 6) is -0.545. The summed E-state index contributed by atoms with van der Waals surface area (Å²) in [5.41, 5.74) is 0.655. The highest BCUT2D eigenvalue weighted by molar-refractivity contribution is 5.28. The summed E-state index contributed by atoms with van der Waals surface area (Å²) in [7, 11) is 0. The van der Waals surface area contributed by atoms with Crippen LogP contribution in [0.4, 0.5) is 4.39 Å². The first-order chi connectivity index (χ1) is 6.61. The van der Waals surface area contributed by atoms with Crippen LogP contribution in [0.5, 0.6) is 5.75 Å². The molecule has 1 aromatic rings. The number of phenols is 1. The molecule has 0 saturated heterocycles. The topological polar surface area (TPSA) is 52.5 Å². The van der Waals surface area contributed by atoms with E-state index in [1.807, 2.05) is 6.92 Å². The first-order valence-corrected chi connectivity index (χ1v) is 4.44. The van der Waals surface area contributed by atoms with Crippen LogP contribution in [-0.2, 0) is 6.54 Å². The Hall–Kier alpha value is -1.13. The van der Waals surface area contributed by atoms with Crippen LogP contribution in [0.3, 0.4) is 0 Å². The predicted octanol–water partition coefficient (Wildman–Crippen LogP) is 1.00. The maximum absolute atomic E-state index is 12.8. The summed E-state index contributed by atoms with van der Waals surface area (Å²) >= 11 is 0. The number of halogens is 1. The fourth-order valence-electron chi connectivity index (χ4n) is 1.09. The zero-order chi connectivity index (χ0) is 10.6. The number of benzene rings is 1. The fraction of sp³-hybridized carbons (Fsp3) is 0.400. The summed E-state index contributed by atoms with van der Waals surface area (Å²) in [6.07, 6.45) is 0. The van der Waals surface area contributed by atoms with Gasteiger partial charge in [-0.25, -0.2) is 4.39 Å². The van der Waals surface area contributed by atoms with E-state index in [2.05, 4.69) is 5.32 Å². The Morgan fingerprint density at radius 3 is 2.71 bits per heavy atom. The maximum Gasteiger partial charge on any atom is 0.127 e. The van der Waals surface area contributed by atoms with Crippen LogP contribution < -0.4 is 5.32 Å². The van der Waals surface area contributed by atoms with Gasteiger partial charge in [0, 0.05) is 18.7 Å².